The van der Waals surface area contributed by atoms with Gasteiger partial charge in [-0.25, -0.2) is 0 Å². The topological polar surface area (TPSA) is 40.5 Å². The van der Waals surface area contributed by atoms with Gasteiger partial charge in [0.2, 0.25) is 0 Å². The van der Waals surface area contributed by atoms with Crippen LogP contribution in [0.25, 0.3) is 0 Å². The lowest BCUT2D eigenvalue weighted by molar-refractivity contribution is -0.142. The third-order valence-electron chi connectivity index (χ3n) is 4.82. The molecular weight excluding hydrogens is 214 g/mol. The maximum absolute atomic E-state index is 11.1. The molecule has 0 aromatic heterocycles. The molecule has 98 valence electrons. The molecule has 0 aromatic carbocycles. The molecular formula is C14H25NO2. The molecule has 1 saturated heterocycles. The first-order valence-corrected chi connectivity index (χ1v) is 7.08. The third kappa shape index (κ3) is 2.82. The summed E-state index contributed by atoms with van der Waals surface area (Å²) in [4.78, 5) is 13.6. The van der Waals surface area contributed by atoms with E-state index in [0.717, 1.165) is 18.9 Å². The highest BCUT2D eigenvalue weighted by Gasteiger charge is 2.38. The Bertz CT molecular complexity index is 279. The van der Waals surface area contributed by atoms with E-state index in [-0.39, 0.29) is 12.0 Å². The van der Waals surface area contributed by atoms with Crippen molar-refractivity contribution in [2.24, 2.45) is 11.8 Å². The molecule has 2 fully saturated rings. The standard InChI is InChI=1S/C14H25NO2/c1-10-4-3-5-12(7-6-10)15-9-8-13(11(15)2)14(16)17/h10-13H,3-9H2,1-2H3,(H,16,17). The number of rotatable bonds is 2. The number of carboxylic acid groups (broad SMARTS) is 1. The van der Waals surface area contributed by atoms with E-state index < -0.39 is 5.97 Å². The SMILES string of the molecule is CC1CCCC(N2CCC(C(=O)O)C2C)CC1. The zero-order chi connectivity index (χ0) is 12.4. The molecule has 2 aliphatic rings. The molecule has 1 aliphatic carbocycles. The van der Waals surface area contributed by atoms with Crippen molar-refractivity contribution >= 4 is 5.97 Å². The maximum atomic E-state index is 11.1. The molecule has 2 rings (SSSR count). The Morgan fingerprint density at radius 3 is 2.53 bits per heavy atom. The quantitative estimate of drug-likeness (QED) is 0.753. The van der Waals surface area contributed by atoms with E-state index in [1.807, 2.05) is 0 Å². The predicted octanol–water partition coefficient (Wildman–Crippen LogP) is 2.75. The van der Waals surface area contributed by atoms with Crippen molar-refractivity contribution in [3.05, 3.63) is 0 Å². The number of hydrogen-bond acceptors (Lipinski definition) is 2. The van der Waals surface area contributed by atoms with Gasteiger partial charge in [-0.3, -0.25) is 9.69 Å². The van der Waals surface area contributed by atoms with Crippen LogP contribution in [0.5, 0.6) is 0 Å². The van der Waals surface area contributed by atoms with Crippen molar-refractivity contribution in [1.29, 1.82) is 0 Å². The second kappa shape index (κ2) is 5.38. The minimum atomic E-state index is -0.609. The molecule has 3 heteroatoms. The van der Waals surface area contributed by atoms with Gasteiger partial charge in [0.15, 0.2) is 0 Å². The third-order valence-corrected chi connectivity index (χ3v) is 4.82. The Morgan fingerprint density at radius 2 is 1.88 bits per heavy atom. The van der Waals surface area contributed by atoms with E-state index in [1.54, 1.807) is 0 Å². The first-order valence-electron chi connectivity index (χ1n) is 7.08. The van der Waals surface area contributed by atoms with Crippen molar-refractivity contribution in [3.8, 4) is 0 Å². The monoisotopic (exact) mass is 239 g/mol. The predicted molar refractivity (Wildman–Crippen MR) is 67.9 cm³/mol. The van der Waals surface area contributed by atoms with Gasteiger partial charge in [-0.1, -0.05) is 19.8 Å². The second-order valence-corrected chi connectivity index (χ2v) is 5.98. The summed E-state index contributed by atoms with van der Waals surface area (Å²) >= 11 is 0. The molecule has 0 radical (unpaired) electrons. The van der Waals surface area contributed by atoms with Gasteiger partial charge >= 0.3 is 5.97 Å². The smallest absolute Gasteiger partial charge is 0.308 e. The van der Waals surface area contributed by atoms with Crippen molar-refractivity contribution in [1.82, 2.24) is 4.90 Å². The number of hydrogen-bond donors (Lipinski definition) is 1. The van der Waals surface area contributed by atoms with E-state index >= 15 is 0 Å². The fourth-order valence-corrected chi connectivity index (χ4v) is 3.61. The van der Waals surface area contributed by atoms with E-state index in [1.165, 1.54) is 32.1 Å². The Hall–Kier alpha value is -0.570. The summed E-state index contributed by atoms with van der Waals surface area (Å²) in [6.07, 6.45) is 7.33. The molecule has 1 aliphatic heterocycles. The summed E-state index contributed by atoms with van der Waals surface area (Å²) in [5.74, 6) is 0.103. The first-order chi connectivity index (χ1) is 8.09. The molecule has 1 heterocycles. The summed E-state index contributed by atoms with van der Waals surface area (Å²) in [5, 5.41) is 9.17. The van der Waals surface area contributed by atoms with Gasteiger partial charge in [-0.15, -0.1) is 0 Å². The van der Waals surface area contributed by atoms with Crippen LogP contribution in [0.3, 0.4) is 0 Å². The van der Waals surface area contributed by atoms with E-state index in [2.05, 4.69) is 18.7 Å². The van der Waals surface area contributed by atoms with Gasteiger partial charge in [0.25, 0.3) is 0 Å². The number of carbonyl (C=O) groups is 1. The van der Waals surface area contributed by atoms with Crippen LogP contribution >= 0.6 is 0 Å². The summed E-state index contributed by atoms with van der Waals surface area (Å²) < 4.78 is 0. The van der Waals surface area contributed by atoms with Crippen LogP contribution in [0.2, 0.25) is 0 Å². The molecule has 4 unspecified atom stereocenters. The van der Waals surface area contributed by atoms with Crippen LogP contribution in [0.4, 0.5) is 0 Å². The maximum Gasteiger partial charge on any atom is 0.308 e. The van der Waals surface area contributed by atoms with Crippen molar-refractivity contribution < 1.29 is 9.90 Å². The van der Waals surface area contributed by atoms with Crippen molar-refractivity contribution in [2.45, 2.75) is 64.5 Å². The molecule has 4 atom stereocenters. The fraction of sp³-hybridized carbons (Fsp3) is 0.929. The summed E-state index contributed by atoms with van der Waals surface area (Å²) in [7, 11) is 0. The zero-order valence-electron chi connectivity index (χ0n) is 11.1. The molecule has 1 saturated carbocycles. The highest BCUT2D eigenvalue weighted by molar-refractivity contribution is 5.71. The second-order valence-electron chi connectivity index (χ2n) is 5.98. The van der Waals surface area contributed by atoms with Crippen LogP contribution in [0.1, 0.15) is 52.4 Å². The number of carboxylic acids is 1. The normalized spacial score (nSPS) is 40.1. The van der Waals surface area contributed by atoms with Crippen LogP contribution < -0.4 is 0 Å². The Labute approximate surface area is 104 Å². The van der Waals surface area contributed by atoms with Crippen LogP contribution in [0.15, 0.2) is 0 Å². The largest absolute Gasteiger partial charge is 0.481 e. The summed E-state index contributed by atoms with van der Waals surface area (Å²) in [5.41, 5.74) is 0. The van der Waals surface area contributed by atoms with Gasteiger partial charge in [-0.05, 0) is 45.1 Å². The van der Waals surface area contributed by atoms with Crippen LogP contribution in [-0.2, 0) is 4.79 Å². The van der Waals surface area contributed by atoms with Crippen molar-refractivity contribution in [3.63, 3.8) is 0 Å². The first kappa shape index (κ1) is 12.9. The lowest BCUT2D eigenvalue weighted by Gasteiger charge is -2.31. The molecule has 0 spiro atoms. The van der Waals surface area contributed by atoms with E-state index in [9.17, 15) is 9.90 Å². The van der Waals surface area contributed by atoms with Crippen molar-refractivity contribution in [2.75, 3.05) is 6.54 Å². The van der Waals surface area contributed by atoms with Gasteiger partial charge in [0.05, 0.1) is 5.92 Å². The molecule has 0 aromatic rings. The molecule has 17 heavy (non-hydrogen) atoms. The minimum absolute atomic E-state index is 0.143. The molecule has 3 nitrogen and oxygen atoms in total. The van der Waals surface area contributed by atoms with E-state index in [0.29, 0.717) is 6.04 Å². The lowest BCUT2D eigenvalue weighted by Crippen LogP contribution is -2.40. The van der Waals surface area contributed by atoms with Crippen LogP contribution in [0, 0.1) is 11.8 Å². The molecule has 0 bridgehead atoms. The Kier molecular flexibility index (Phi) is 4.08. The average Bonchev–Trinajstić information content (AvgIpc) is 2.52. The highest BCUT2D eigenvalue weighted by Crippen LogP contribution is 2.33. The number of aliphatic carboxylic acids is 1. The van der Waals surface area contributed by atoms with Gasteiger partial charge in [0, 0.05) is 12.1 Å². The van der Waals surface area contributed by atoms with Gasteiger partial charge < -0.3 is 5.11 Å². The van der Waals surface area contributed by atoms with Crippen LogP contribution in [-0.4, -0.2) is 34.6 Å². The minimum Gasteiger partial charge on any atom is -0.481 e. The number of likely N-dealkylation sites (tertiary alicyclic amines) is 1. The van der Waals surface area contributed by atoms with E-state index in [4.69, 9.17) is 0 Å². The summed E-state index contributed by atoms with van der Waals surface area (Å²) in [6, 6.07) is 0.866. The van der Waals surface area contributed by atoms with Gasteiger partial charge in [0.1, 0.15) is 0 Å². The Balaban J connectivity index is 1.96. The zero-order valence-corrected chi connectivity index (χ0v) is 11.1. The fourth-order valence-electron chi connectivity index (χ4n) is 3.61. The van der Waals surface area contributed by atoms with Gasteiger partial charge in [-0.2, -0.15) is 0 Å². The highest BCUT2D eigenvalue weighted by atomic mass is 16.4. The lowest BCUT2D eigenvalue weighted by atomic mass is 10.00. The summed E-state index contributed by atoms with van der Waals surface area (Å²) in [6.45, 7) is 5.42. The number of nitrogens with zero attached hydrogens (tertiary/aromatic N) is 1. The average molecular weight is 239 g/mol. The molecule has 1 N–H and O–H groups in total. The molecule has 0 amide bonds. The Morgan fingerprint density at radius 1 is 1.12 bits per heavy atom.